The van der Waals surface area contributed by atoms with Crippen molar-refractivity contribution in [2.45, 2.75) is 102 Å². The Morgan fingerprint density at radius 1 is 1.00 bits per heavy atom. The van der Waals surface area contributed by atoms with Gasteiger partial charge in [0.15, 0.2) is 11.3 Å². The standard InChI is InChI=1S/C43H54F2N12O5/c1-25-21-54(22-26(2)62-25)35-16-19-55-40(48-35)30(20-46-55)41(59)47-31-24-56(50-37(31)39(44)45)29-10-8-27(9-11-29)23-51(3)28-14-17-53(18-15-28)32-6-5-7-33-38(32)52(4)43(61)57(33)34-12-13-36(58)49-42(34)60/h5-7,16,19-20,24-29,34,39H,8-15,17-18,21-23H2,1-4H3,(H,47,59)(H,49,58,60)/t25-,26+,27-,29-,34?. The van der Waals surface area contributed by atoms with Gasteiger partial charge in [0.05, 0.1) is 46.9 Å². The van der Waals surface area contributed by atoms with Crippen molar-refractivity contribution in [1.29, 1.82) is 0 Å². The number of ether oxygens (including phenoxy) is 1. The lowest BCUT2D eigenvalue weighted by Gasteiger charge is -2.40. The Hall–Kier alpha value is -5.69. The first-order chi connectivity index (χ1) is 29.8. The number of alkyl halides is 2. The van der Waals surface area contributed by atoms with Crippen molar-refractivity contribution in [3.63, 3.8) is 0 Å². The number of anilines is 3. The van der Waals surface area contributed by atoms with Gasteiger partial charge < -0.3 is 24.8 Å². The Kier molecular flexibility index (Phi) is 11.3. The van der Waals surface area contributed by atoms with E-state index in [4.69, 9.17) is 9.72 Å². The molecule has 1 saturated carbocycles. The number of fused-ring (bicyclic) bond motifs is 2. The van der Waals surface area contributed by atoms with Crippen molar-refractivity contribution in [2.75, 3.05) is 54.9 Å². The maximum Gasteiger partial charge on any atom is 0.329 e. The van der Waals surface area contributed by atoms with Crippen LogP contribution in [0.25, 0.3) is 16.7 Å². The lowest BCUT2D eigenvalue weighted by Crippen LogP contribution is -2.45. The van der Waals surface area contributed by atoms with Gasteiger partial charge in [0, 0.05) is 64.6 Å². The Balaban J connectivity index is 0.802. The van der Waals surface area contributed by atoms with Gasteiger partial charge in [-0.1, -0.05) is 6.07 Å². The highest BCUT2D eigenvalue weighted by molar-refractivity contribution is 6.08. The number of imide groups is 1. The average molecular weight is 857 g/mol. The fourth-order valence-electron chi connectivity index (χ4n) is 10.2. The molecule has 1 aromatic carbocycles. The predicted octanol–water partition coefficient (Wildman–Crippen LogP) is 4.69. The van der Waals surface area contributed by atoms with Crippen LogP contribution in [0.2, 0.25) is 0 Å². The van der Waals surface area contributed by atoms with Crippen molar-refractivity contribution in [1.82, 2.24) is 43.7 Å². The molecule has 1 aliphatic carbocycles. The van der Waals surface area contributed by atoms with E-state index >= 15 is 0 Å². The number of carbonyl (C=O) groups excluding carboxylic acids is 3. The molecule has 19 heteroatoms. The van der Waals surface area contributed by atoms with Crippen molar-refractivity contribution in [3.05, 3.63) is 64.6 Å². The number of piperidine rings is 2. The molecule has 2 N–H and O–H groups in total. The van der Waals surface area contributed by atoms with Gasteiger partial charge in [-0.15, -0.1) is 0 Å². The molecule has 0 bridgehead atoms. The zero-order valence-electron chi connectivity index (χ0n) is 35.5. The lowest BCUT2D eigenvalue weighted by atomic mass is 9.85. The van der Waals surface area contributed by atoms with Crippen LogP contribution < -0.4 is 26.1 Å². The summed E-state index contributed by atoms with van der Waals surface area (Å²) in [5.74, 6) is -0.215. The molecule has 3 saturated heterocycles. The molecule has 330 valence electrons. The molecular formula is C43H54F2N12O5. The summed E-state index contributed by atoms with van der Waals surface area (Å²) in [5, 5.41) is 13.7. The topological polar surface area (TPSA) is 169 Å². The number of imidazole rings is 1. The molecule has 1 unspecified atom stereocenters. The number of hydrogen-bond donors (Lipinski definition) is 2. The third-order valence-corrected chi connectivity index (χ3v) is 13.3. The van der Waals surface area contributed by atoms with Gasteiger partial charge in [-0.3, -0.25) is 33.5 Å². The van der Waals surface area contributed by atoms with Crippen LogP contribution in [0.1, 0.15) is 99.8 Å². The SMILES string of the molecule is C[C@@H]1CN(c2ccn3ncc(C(=O)Nc4cn([C@H]5CC[C@H](CN(C)C6CCN(c7cccc8c7n(C)c(=O)n8C7CCC(=O)NC7=O)CC6)CC5)nc4C(F)F)c3n2)C[C@H](C)O1. The number of nitrogens with zero attached hydrogens (tertiary/aromatic N) is 10. The summed E-state index contributed by atoms with van der Waals surface area (Å²) in [7, 11) is 3.91. The molecule has 0 spiro atoms. The lowest BCUT2D eigenvalue weighted by molar-refractivity contribution is -0.135. The summed E-state index contributed by atoms with van der Waals surface area (Å²) >= 11 is 0. The van der Waals surface area contributed by atoms with Crippen LogP contribution in [0.3, 0.4) is 0 Å². The first-order valence-electron chi connectivity index (χ1n) is 21.7. The highest BCUT2D eigenvalue weighted by atomic mass is 19.3. The molecule has 7 heterocycles. The molecule has 3 amide bonds. The van der Waals surface area contributed by atoms with Crippen molar-refractivity contribution in [2.24, 2.45) is 13.0 Å². The summed E-state index contributed by atoms with van der Waals surface area (Å²) in [6.07, 6.45) is 7.64. The number of amides is 3. The van der Waals surface area contributed by atoms with Crippen molar-refractivity contribution < 1.29 is 27.9 Å². The molecule has 4 aromatic heterocycles. The molecule has 4 aliphatic rings. The summed E-state index contributed by atoms with van der Waals surface area (Å²) in [5.41, 5.74) is 2.18. The Labute approximate surface area is 357 Å². The Morgan fingerprint density at radius 2 is 1.74 bits per heavy atom. The van der Waals surface area contributed by atoms with Gasteiger partial charge in [-0.25, -0.2) is 23.1 Å². The Bertz CT molecular complexity index is 2540. The third kappa shape index (κ3) is 7.95. The van der Waals surface area contributed by atoms with Crippen LogP contribution in [-0.2, 0) is 21.4 Å². The molecule has 17 nitrogen and oxygen atoms in total. The molecule has 9 rings (SSSR count). The molecule has 4 fully saturated rings. The van der Waals surface area contributed by atoms with Crippen LogP contribution in [0.15, 0.2) is 47.7 Å². The fourth-order valence-corrected chi connectivity index (χ4v) is 10.2. The van der Waals surface area contributed by atoms with E-state index in [1.165, 1.54) is 21.5 Å². The van der Waals surface area contributed by atoms with E-state index in [1.807, 2.05) is 38.1 Å². The van der Waals surface area contributed by atoms with Gasteiger partial charge >= 0.3 is 5.69 Å². The summed E-state index contributed by atoms with van der Waals surface area (Å²) in [6, 6.07) is 7.24. The van der Waals surface area contributed by atoms with E-state index in [2.05, 4.69) is 42.6 Å². The van der Waals surface area contributed by atoms with E-state index in [9.17, 15) is 28.0 Å². The maximum absolute atomic E-state index is 14.4. The normalized spacial score (nSPS) is 24.2. The van der Waals surface area contributed by atoms with Gasteiger partial charge in [0.1, 0.15) is 17.4 Å². The molecule has 3 atom stereocenters. The second kappa shape index (κ2) is 16.9. The minimum Gasteiger partial charge on any atom is -0.372 e. The number of aryl methyl sites for hydroxylation is 1. The highest BCUT2D eigenvalue weighted by Gasteiger charge is 2.34. The number of aromatic nitrogens is 7. The van der Waals surface area contributed by atoms with Crippen molar-refractivity contribution >= 4 is 51.6 Å². The smallest absolute Gasteiger partial charge is 0.329 e. The third-order valence-electron chi connectivity index (χ3n) is 13.3. The number of hydrogen-bond acceptors (Lipinski definition) is 11. The first-order valence-corrected chi connectivity index (χ1v) is 21.7. The summed E-state index contributed by atoms with van der Waals surface area (Å²) in [4.78, 5) is 63.2. The number of nitrogens with one attached hydrogen (secondary N) is 2. The van der Waals surface area contributed by atoms with Crippen LogP contribution in [0, 0.1) is 5.92 Å². The monoisotopic (exact) mass is 856 g/mol. The summed E-state index contributed by atoms with van der Waals surface area (Å²) < 4.78 is 40.8. The average Bonchev–Trinajstić information content (AvgIpc) is 3.95. The van der Waals surface area contributed by atoms with Crippen LogP contribution in [-0.4, -0.2) is 114 Å². The van der Waals surface area contributed by atoms with Crippen LogP contribution >= 0.6 is 0 Å². The number of rotatable bonds is 10. The maximum atomic E-state index is 14.4. The zero-order valence-corrected chi connectivity index (χ0v) is 35.5. The second-order valence-corrected chi connectivity index (χ2v) is 17.6. The van der Waals surface area contributed by atoms with E-state index < -0.39 is 30.0 Å². The van der Waals surface area contributed by atoms with E-state index in [1.54, 1.807) is 22.5 Å². The quantitative estimate of drug-likeness (QED) is 0.187. The fraction of sp³-hybridized carbons (Fsp3) is 0.558. The van der Waals surface area contributed by atoms with Gasteiger partial charge in [-0.05, 0) is 90.0 Å². The van der Waals surface area contributed by atoms with Crippen LogP contribution in [0.4, 0.5) is 26.0 Å². The second-order valence-electron chi connectivity index (χ2n) is 17.6. The molecular weight excluding hydrogens is 803 g/mol. The van der Waals surface area contributed by atoms with Crippen molar-refractivity contribution in [3.8, 4) is 0 Å². The minimum absolute atomic E-state index is 0.0186. The van der Waals surface area contributed by atoms with Gasteiger partial charge in [0.2, 0.25) is 11.8 Å². The zero-order chi connectivity index (χ0) is 43.4. The number of benzene rings is 1. The number of para-hydroxylation sites is 1. The summed E-state index contributed by atoms with van der Waals surface area (Å²) in [6.45, 7) is 7.85. The largest absolute Gasteiger partial charge is 0.372 e. The molecule has 3 aliphatic heterocycles. The van der Waals surface area contributed by atoms with Crippen LogP contribution in [0.5, 0.6) is 0 Å². The van der Waals surface area contributed by atoms with Gasteiger partial charge in [0.25, 0.3) is 12.3 Å². The van der Waals surface area contributed by atoms with E-state index in [0.717, 1.165) is 69.4 Å². The first kappa shape index (κ1) is 41.7. The van der Waals surface area contributed by atoms with Gasteiger partial charge in [-0.2, -0.15) is 10.2 Å². The van der Waals surface area contributed by atoms with E-state index in [0.29, 0.717) is 42.0 Å². The number of carbonyl (C=O) groups is 3. The molecule has 5 aromatic rings. The minimum atomic E-state index is -2.87. The number of morpholine rings is 1. The number of halogens is 2. The molecule has 0 radical (unpaired) electrons. The highest BCUT2D eigenvalue weighted by Crippen LogP contribution is 2.37. The van der Waals surface area contributed by atoms with E-state index in [-0.39, 0.29) is 53.9 Å². The molecule has 62 heavy (non-hydrogen) atoms. The predicted molar refractivity (Wildman–Crippen MR) is 228 cm³/mol. The Morgan fingerprint density at radius 3 is 2.45 bits per heavy atom.